The topological polar surface area (TPSA) is 102 Å². The van der Waals surface area contributed by atoms with E-state index in [1.807, 2.05) is 25.3 Å². The number of anilines is 1. The van der Waals surface area contributed by atoms with E-state index in [0.29, 0.717) is 34.7 Å². The van der Waals surface area contributed by atoms with Crippen molar-refractivity contribution >= 4 is 38.0 Å². The summed E-state index contributed by atoms with van der Waals surface area (Å²) in [6.07, 6.45) is 8.46. The maximum absolute atomic E-state index is 12.0. The summed E-state index contributed by atoms with van der Waals surface area (Å²) in [4.78, 5) is 4.18. The quantitative estimate of drug-likeness (QED) is 0.671. The monoisotopic (exact) mass is 428 g/mol. The number of nitriles is 1. The number of nitrogens with zero attached hydrogens (tertiary/aromatic N) is 3. The van der Waals surface area contributed by atoms with E-state index in [1.165, 1.54) is 12.5 Å². The predicted molar refractivity (Wildman–Crippen MR) is 116 cm³/mol. The van der Waals surface area contributed by atoms with Crippen molar-refractivity contribution in [1.29, 1.82) is 5.26 Å². The SMILES string of the molecule is Cc1cc2c(cc1C#N)c(-c1cncc(N)c1Cl)cn2[C@@H]1CC[C@H](S(C)(=O)=O)C1. The number of benzene rings is 1. The van der Waals surface area contributed by atoms with Crippen LogP contribution in [0, 0.1) is 18.3 Å². The molecular weight excluding hydrogens is 408 g/mol. The van der Waals surface area contributed by atoms with E-state index in [9.17, 15) is 13.7 Å². The second-order valence-electron chi connectivity index (χ2n) is 7.75. The van der Waals surface area contributed by atoms with E-state index in [0.717, 1.165) is 28.5 Å². The molecule has 1 fully saturated rings. The number of hydrogen-bond acceptors (Lipinski definition) is 5. The normalized spacial score (nSPS) is 19.5. The fourth-order valence-corrected chi connectivity index (χ4v) is 5.58. The van der Waals surface area contributed by atoms with Crippen molar-refractivity contribution in [3.05, 3.63) is 46.9 Å². The summed E-state index contributed by atoms with van der Waals surface area (Å²) in [6.45, 7) is 1.90. The summed E-state index contributed by atoms with van der Waals surface area (Å²) in [5.74, 6) is 0. The van der Waals surface area contributed by atoms with Gasteiger partial charge in [0.2, 0.25) is 0 Å². The van der Waals surface area contributed by atoms with Crippen molar-refractivity contribution < 1.29 is 8.42 Å². The zero-order valence-corrected chi connectivity index (χ0v) is 17.8. The molecule has 2 aromatic heterocycles. The van der Waals surface area contributed by atoms with E-state index >= 15 is 0 Å². The number of fused-ring (bicyclic) bond motifs is 1. The molecule has 0 bridgehead atoms. The third-order valence-corrected chi connectivity index (χ3v) is 7.91. The van der Waals surface area contributed by atoms with Gasteiger partial charge < -0.3 is 10.3 Å². The van der Waals surface area contributed by atoms with Gasteiger partial charge in [-0.1, -0.05) is 11.6 Å². The second-order valence-corrected chi connectivity index (χ2v) is 10.5. The summed E-state index contributed by atoms with van der Waals surface area (Å²) in [6, 6.07) is 6.14. The number of rotatable bonds is 3. The first-order valence-corrected chi connectivity index (χ1v) is 11.7. The van der Waals surface area contributed by atoms with Crippen LogP contribution in [-0.4, -0.2) is 29.5 Å². The van der Waals surface area contributed by atoms with Crippen LogP contribution in [0.4, 0.5) is 5.69 Å². The van der Waals surface area contributed by atoms with Gasteiger partial charge in [0, 0.05) is 46.7 Å². The zero-order chi connectivity index (χ0) is 20.9. The van der Waals surface area contributed by atoms with Crippen molar-refractivity contribution in [3.8, 4) is 17.2 Å². The first-order valence-electron chi connectivity index (χ1n) is 9.34. The highest BCUT2D eigenvalue weighted by Crippen LogP contribution is 2.42. The minimum absolute atomic E-state index is 0.0612. The predicted octanol–water partition coefficient (Wildman–Crippen LogP) is 4.26. The molecule has 3 aromatic rings. The molecule has 1 aliphatic carbocycles. The molecule has 0 amide bonds. The molecule has 0 unspecified atom stereocenters. The number of pyridine rings is 1. The summed E-state index contributed by atoms with van der Waals surface area (Å²) < 4.78 is 26.2. The number of nitrogen functional groups attached to an aromatic ring is 1. The molecule has 2 heterocycles. The Morgan fingerprint density at radius 2 is 2.03 bits per heavy atom. The van der Waals surface area contributed by atoms with E-state index in [1.54, 1.807) is 6.20 Å². The van der Waals surface area contributed by atoms with Gasteiger partial charge in [-0.3, -0.25) is 4.98 Å². The van der Waals surface area contributed by atoms with Crippen molar-refractivity contribution in [1.82, 2.24) is 9.55 Å². The van der Waals surface area contributed by atoms with Crippen LogP contribution < -0.4 is 5.73 Å². The maximum atomic E-state index is 12.0. The van der Waals surface area contributed by atoms with Gasteiger partial charge in [0.1, 0.15) is 9.84 Å². The Morgan fingerprint density at radius 3 is 2.69 bits per heavy atom. The van der Waals surface area contributed by atoms with Crippen LogP contribution in [0.25, 0.3) is 22.0 Å². The summed E-state index contributed by atoms with van der Waals surface area (Å²) >= 11 is 6.47. The molecule has 0 radical (unpaired) electrons. The maximum Gasteiger partial charge on any atom is 0.150 e. The molecule has 4 rings (SSSR count). The van der Waals surface area contributed by atoms with Crippen molar-refractivity contribution in [3.63, 3.8) is 0 Å². The molecular formula is C21H21ClN4O2S. The Kier molecular flexibility index (Phi) is 4.80. The first-order chi connectivity index (χ1) is 13.7. The van der Waals surface area contributed by atoms with Gasteiger partial charge in [0.25, 0.3) is 0 Å². The minimum Gasteiger partial charge on any atom is -0.396 e. The number of halogens is 1. The van der Waals surface area contributed by atoms with Gasteiger partial charge in [0.15, 0.2) is 0 Å². The van der Waals surface area contributed by atoms with Crippen LogP contribution in [0.5, 0.6) is 0 Å². The highest BCUT2D eigenvalue weighted by atomic mass is 35.5. The van der Waals surface area contributed by atoms with Crippen LogP contribution in [0.1, 0.15) is 36.4 Å². The Hall–Kier alpha value is -2.56. The van der Waals surface area contributed by atoms with Gasteiger partial charge in [0.05, 0.1) is 33.8 Å². The molecule has 150 valence electrons. The fraction of sp³-hybridized carbons (Fsp3) is 0.333. The molecule has 0 aliphatic heterocycles. The van der Waals surface area contributed by atoms with Gasteiger partial charge >= 0.3 is 0 Å². The molecule has 1 aromatic carbocycles. The molecule has 2 atom stereocenters. The third kappa shape index (κ3) is 3.37. The number of nitrogens with two attached hydrogens (primary N) is 1. The average molecular weight is 429 g/mol. The Balaban J connectivity index is 1.94. The second kappa shape index (κ2) is 7.05. The molecule has 29 heavy (non-hydrogen) atoms. The first kappa shape index (κ1) is 19.7. The molecule has 1 aliphatic rings. The number of aromatic nitrogens is 2. The molecule has 6 nitrogen and oxygen atoms in total. The van der Waals surface area contributed by atoms with Gasteiger partial charge in [-0.05, 0) is 43.9 Å². The highest BCUT2D eigenvalue weighted by molar-refractivity contribution is 7.91. The van der Waals surface area contributed by atoms with Crippen LogP contribution in [0.15, 0.2) is 30.7 Å². The minimum atomic E-state index is -3.08. The molecule has 0 saturated heterocycles. The van der Waals surface area contributed by atoms with Crippen LogP contribution in [0.3, 0.4) is 0 Å². The number of hydrogen-bond donors (Lipinski definition) is 1. The summed E-state index contributed by atoms with van der Waals surface area (Å²) in [7, 11) is -3.08. The highest BCUT2D eigenvalue weighted by Gasteiger charge is 2.33. The Bertz CT molecular complexity index is 1270. The summed E-state index contributed by atoms with van der Waals surface area (Å²) in [5, 5.41) is 10.5. The lowest BCUT2D eigenvalue weighted by Crippen LogP contribution is -2.16. The number of sulfone groups is 1. The van der Waals surface area contributed by atoms with Crippen molar-refractivity contribution in [2.24, 2.45) is 0 Å². The van der Waals surface area contributed by atoms with E-state index in [4.69, 9.17) is 17.3 Å². The van der Waals surface area contributed by atoms with Crippen molar-refractivity contribution in [2.75, 3.05) is 12.0 Å². The van der Waals surface area contributed by atoms with Crippen LogP contribution in [-0.2, 0) is 9.84 Å². The average Bonchev–Trinajstić information content (AvgIpc) is 3.28. The zero-order valence-electron chi connectivity index (χ0n) is 16.2. The lowest BCUT2D eigenvalue weighted by atomic mass is 10.0. The van der Waals surface area contributed by atoms with E-state index in [-0.39, 0.29) is 11.3 Å². The third-order valence-electron chi connectivity index (χ3n) is 5.85. The molecule has 1 saturated carbocycles. The van der Waals surface area contributed by atoms with Gasteiger partial charge in [-0.15, -0.1) is 0 Å². The molecule has 0 spiro atoms. The lowest BCUT2D eigenvalue weighted by molar-refractivity contribution is 0.531. The molecule has 2 N–H and O–H groups in total. The van der Waals surface area contributed by atoms with Gasteiger partial charge in [-0.2, -0.15) is 5.26 Å². The van der Waals surface area contributed by atoms with E-state index < -0.39 is 9.84 Å². The standard InChI is InChI=1S/C21H21ClN4O2S/c1-12-5-20-16(6-13(12)8-23)18(17-9-25-10-19(24)21(17)22)11-26(20)14-3-4-15(7-14)29(2,27)28/h5-6,9-11,14-15H,3-4,7,24H2,1-2H3/t14-,15+/m1/s1. The molecule has 8 heteroatoms. The Labute approximate surface area is 174 Å². The van der Waals surface area contributed by atoms with E-state index in [2.05, 4.69) is 15.6 Å². The lowest BCUT2D eigenvalue weighted by Gasteiger charge is -2.15. The van der Waals surface area contributed by atoms with Crippen molar-refractivity contribution in [2.45, 2.75) is 37.5 Å². The van der Waals surface area contributed by atoms with Crippen LogP contribution in [0.2, 0.25) is 5.02 Å². The summed E-state index contributed by atoms with van der Waals surface area (Å²) in [5.41, 5.74) is 10.3. The largest absolute Gasteiger partial charge is 0.396 e. The smallest absolute Gasteiger partial charge is 0.150 e. The Morgan fingerprint density at radius 1 is 1.28 bits per heavy atom. The number of aryl methyl sites for hydroxylation is 1. The van der Waals surface area contributed by atoms with Gasteiger partial charge in [-0.25, -0.2) is 8.42 Å². The fourth-order valence-electron chi connectivity index (χ4n) is 4.25. The van der Waals surface area contributed by atoms with Crippen LogP contribution >= 0.6 is 11.6 Å².